The molecule has 2 atom stereocenters. The third-order valence-corrected chi connectivity index (χ3v) is 12.8. The predicted octanol–water partition coefficient (Wildman–Crippen LogP) is 6.74. The lowest BCUT2D eigenvalue weighted by molar-refractivity contribution is -0.164. The highest BCUT2D eigenvalue weighted by molar-refractivity contribution is 5.97. The molecule has 380 valence electrons. The second kappa shape index (κ2) is 25.5. The van der Waals surface area contributed by atoms with Crippen LogP contribution < -0.4 is 31.0 Å². The second-order valence-electron chi connectivity index (χ2n) is 18.0. The Bertz CT molecular complexity index is 2990. The van der Waals surface area contributed by atoms with Crippen molar-refractivity contribution in [3.05, 3.63) is 207 Å². The van der Waals surface area contributed by atoms with Crippen LogP contribution in [0.2, 0.25) is 0 Å². The number of aliphatic hydroxyl groups excluding tert-OH is 1. The van der Waals surface area contributed by atoms with Crippen LogP contribution in [0.4, 0.5) is 0 Å². The zero-order valence-electron chi connectivity index (χ0n) is 41.1. The number of rotatable bonds is 23. The Morgan fingerprint density at radius 2 is 1.60 bits per heavy atom. The number of phenols is 1. The Morgan fingerprint density at radius 1 is 0.877 bits per heavy atom. The lowest BCUT2D eigenvalue weighted by Crippen LogP contribution is -2.40. The molecule has 0 radical (unpaired) electrons. The van der Waals surface area contributed by atoms with Crippen molar-refractivity contribution in [1.29, 1.82) is 0 Å². The van der Waals surface area contributed by atoms with Crippen molar-refractivity contribution in [2.24, 2.45) is 5.92 Å². The summed E-state index contributed by atoms with van der Waals surface area (Å²) in [6.07, 6.45) is 5.61. The number of aromatic hydroxyl groups is 1. The molecule has 1 aliphatic rings. The number of H-pyrrole nitrogens is 1. The van der Waals surface area contributed by atoms with Gasteiger partial charge in [-0.15, -0.1) is 0 Å². The van der Waals surface area contributed by atoms with Gasteiger partial charge in [-0.3, -0.25) is 19.3 Å². The fraction of sp³-hybridized carbons (Fsp3) is 0.276. The van der Waals surface area contributed by atoms with Crippen LogP contribution in [-0.4, -0.2) is 96.0 Å². The number of methoxy groups -OCH3 is 1. The van der Waals surface area contributed by atoms with Gasteiger partial charge in [0, 0.05) is 66.4 Å². The number of aromatic amines is 1. The van der Waals surface area contributed by atoms with Gasteiger partial charge in [-0.2, -0.15) is 0 Å². The van der Waals surface area contributed by atoms with Crippen LogP contribution in [0.25, 0.3) is 10.9 Å². The van der Waals surface area contributed by atoms with Crippen molar-refractivity contribution < 1.29 is 43.9 Å². The number of fused-ring (bicyclic) bond motifs is 1. The SMILES string of the molecule is C=C/C(=C\C=C(/C)COc1cccc([C@](O)(C(=O)OCC2CCN(Cc3ccccc3)CC2)c2ccccc2)c1)C(=O)NCCNC(=O)c1ccc(CNC[C@H](O)c2ccc(O)c3[nH]c(=O)ccc23)c(OC)c1. The van der Waals surface area contributed by atoms with E-state index >= 15 is 0 Å². The lowest BCUT2D eigenvalue weighted by Gasteiger charge is -2.33. The summed E-state index contributed by atoms with van der Waals surface area (Å²) >= 11 is 0. The smallest absolute Gasteiger partial charge is 0.347 e. The topological polar surface area (TPSA) is 212 Å². The number of likely N-dealkylation sites (tertiary alicyclic amines) is 1. The van der Waals surface area contributed by atoms with E-state index in [-0.39, 0.29) is 67.4 Å². The molecule has 6 aromatic rings. The molecule has 2 heterocycles. The minimum atomic E-state index is -2.08. The van der Waals surface area contributed by atoms with Gasteiger partial charge in [0.2, 0.25) is 11.2 Å². The van der Waals surface area contributed by atoms with E-state index in [9.17, 15) is 34.5 Å². The van der Waals surface area contributed by atoms with Crippen molar-refractivity contribution in [2.45, 2.75) is 44.6 Å². The minimum Gasteiger partial charge on any atom is -0.506 e. The van der Waals surface area contributed by atoms with E-state index < -0.39 is 17.7 Å². The molecule has 2 amide bonds. The highest BCUT2D eigenvalue weighted by Gasteiger charge is 2.42. The Kier molecular flexibility index (Phi) is 18.5. The molecule has 0 unspecified atom stereocenters. The average molecular weight is 990 g/mol. The summed E-state index contributed by atoms with van der Waals surface area (Å²) in [5, 5.41) is 42.6. The van der Waals surface area contributed by atoms with Gasteiger partial charge in [-0.25, -0.2) is 4.79 Å². The molecule has 1 aromatic heterocycles. The van der Waals surface area contributed by atoms with E-state index in [1.807, 2.05) is 31.2 Å². The molecule has 1 saturated heterocycles. The summed E-state index contributed by atoms with van der Waals surface area (Å²) < 4.78 is 17.6. The first-order chi connectivity index (χ1) is 35.4. The van der Waals surface area contributed by atoms with Crippen molar-refractivity contribution in [1.82, 2.24) is 25.8 Å². The largest absolute Gasteiger partial charge is 0.506 e. The monoisotopic (exact) mass is 989 g/mol. The van der Waals surface area contributed by atoms with Crippen LogP contribution in [0.15, 0.2) is 168 Å². The van der Waals surface area contributed by atoms with E-state index in [0.29, 0.717) is 51.3 Å². The maximum absolute atomic E-state index is 13.9. The van der Waals surface area contributed by atoms with Crippen molar-refractivity contribution in [3.63, 3.8) is 0 Å². The van der Waals surface area contributed by atoms with Crippen LogP contribution in [0.1, 0.15) is 64.0 Å². The molecule has 0 aliphatic carbocycles. The number of pyridine rings is 1. The van der Waals surface area contributed by atoms with Crippen LogP contribution in [0, 0.1) is 5.92 Å². The first-order valence-electron chi connectivity index (χ1n) is 24.3. The summed E-state index contributed by atoms with van der Waals surface area (Å²) in [7, 11) is 1.50. The number of hydrogen-bond donors (Lipinski definition) is 7. The van der Waals surface area contributed by atoms with Crippen molar-refractivity contribution in [3.8, 4) is 17.2 Å². The number of benzene rings is 5. The first kappa shape index (κ1) is 53.0. The number of nitrogens with one attached hydrogen (secondary N) is 4. The third kappa shape index (κ3) is 14.0. The van der Waals surface area contributed by atoms with E-state index in [4.69, 9.17) is 14.2 Å². The number of hydrogen-bond acceptors (Lipinski definition) is 12. The number of piperidine rings is 1. The third-order valence-electron chi connectivity index (χ3n) is 12.8. The molecule has 0 bridgehead atoms. The number of aliphatic hydroxyl groups is 2. The van der Waals surface area contributed by atoms with Gasteiger partial charge in [0.15, 0.2) is 0 Å². The number of aromatic nitrogens is 1. The summed E-state index contributed by atoms with van der Waals surface area (Å²) in [5.74, 6) is -0.535. The number of nitrogens with zero attached hydrogens (tertiary/aromatic N) is 1. The number of carbonyl (C=O) groups is 3. The molecular formula is C58H63N5O10. The molecule has 0 saturated carbocycles. The molecule has 5 aromatic carbocycles. The molecular weight excluding hydrogens is 927 g/mol. The van der Waals surface area contributed by atoms with Crippen molar-refractivity contribution in [2.75, 3.05) is 53.0 Å². The first-order valence-corrected chi connectivity index (χ1v) is 24.3. The van der Waals surface area contributed by atoms with Crippen molar-refractivity contribution >= 4 is 28.7 Å². The number of ether oxygens (including phenoxy) is 3. The Hall–Kier alpha value is -7.82. The standard InChI is InChI=1S/C58H63N5O10/c1-4-42(55(67)60-28-29-61-56(68)43-20-21-44(52(32-43)71-3)34-59-35-51(65)48-22-24-50(64)54-49(48)23-25-53(66)62-54)19-18-39(2)37-72-47-17-11-16-46(33-47)58(70,45-14-9-6-10-15-45)57(69)73-38-41-26-30-63(31-27-41)36-40-12-7-5-8-13-40/h4-25,32-33,41,51,59,64-65,70H,1,26-31,34-38H2,2-3H3,(H,60,67)(H,61,68)(H,62,66)/b39-18+,42-19+/t51-,58-/m0/s1. The maximum atomic E-state index is 13.9. The number of phenolic OH excluding ortho intramolecular Hbond substituents is 1. The Labute approximate surface area is 424 Å². The molecule has 7 rings (SSSR count). The van der Waals surface area contributed by atoms with Gasteiger partial charge in [-0.1, -0.05) is 104 Å². The normalized spacial score (nSPS) is 14.7. The average Bonchev–Trinajstić information content (AvgIpc) is 3.41. The summed E-state index contributed by atoms with van der Waals surface area (Å²) in [6.45, 7) is 9.41. The summed E-state index contributed by atoms with van der Waals surface area (Å²) in [6, 6.07) is 36.8. The quantitative estimate of drug-likeness (QED) is 0.0154. The molecule has 15 nitrogen and oxygen atoms in total. The second-order valence-corrected chi connectivity index (χ2v) is 18.0. The molecule has 1 aliphatic heterocycles. The van der Waals surface area contributed by atoms with Gasteiger partial charge >= 0.3 is 5.97 Å². The van der Waals surface area contributed by atoms with Gasteiger partial charge < -0.3 is 50.5 Å². The lowest BCUT2D eigenvalue weighted by atomic mass is 9.86. The number of amides is 2. The number of esters is 1. The van der Waals surface area contributed by atoms with E-state index in [1.54, 1.807) is 91.0 Å². The van der Waals surface area contributed by atoms with Crippen LogP contribution in [0.5, 0.6) is 17.2 Å². The van der Waals surface area contributed by atoms with E-state index in [0.717, 1.165) is 43.6 Å². The molecule has 73 heavy (non-hydrogen) atoms. The molecule has 0 spiro atoms. The van der Waals surface area contributed by atoms with E-state index in [2.05, 4.69) is 44.5 Å². The fourth-order valence-corrected chi connectivity index (χ4v) is 8.65. The van der Waals surface area contributed by atoms with Gasteiger partial charge in [0.05, 0.1) is 25.3 Å². The van der Waals surface area contributed by atoms with E-state index in [1.165, 1.54) is 30.9 Å². The number of allylic oxidation sites excluding steroid dienone is 2. The summed E-state index contributed by atoms with van der Waals surface area (Å²) in [5.41, 5.74) is 2.46. The minimum absolute atomic E-state index is 0.0933. The predicted molar refractivity (Wildman–Crippen MR) is 280 cm³/mol. The van der Waals surface area contributed by atoms with Crippen LogP contribution in [-0.2, 0) is 33.0 Å². The zero-order valence-corrected chi connectivity index (χ0v) is 41.1. The Morgan fingerprint density at radius 3 is 2.34 bits per heavy atom. The highest BCUT2D eigenvalue weighted by Crippen LogP contribution is 2.34. The van der Waals surface area contributed by atoms with Gasteiger partial charge in [0.25, 0.3) is 11.8 Å². The highest BCUT2D eigenvalue weighted by atomic mass is 16.6. The maximum Gasteiger partial charge on any atom is 0.347 e. The van der Waals surface area contributed by atoms with Crippen LogP contribution in [0.3, 0.4) is 0 Å². The zero-order chi connectivity index (χ0) is 51.7. The fourth-order valence-electron chi connectivity index (χ4n) is 8.65. The molecule has 7 N–H and O–H groups in total. The van der Waals surface area contributed by atoms with Crippen LogP contribution >= 0.6 is 0 Å². The van der Waals surface area contributed by atoms with Gasteiger partial charge in [0.1, 0.15) is 23.9 Å². The molecule has 15 heteroatoms. The molecule has 1 fully saturated rings. The number of carbonyl (C=O) groups excluding carboxylic acids is 3. The Balaban J connectivity index is 0.862. The summed E-state index contributed by atoms with van der Waals surface area (Å²) in [4.78, 5) is 56.8. The van der Waals surface area contributed by atoms with Gasteiger partial charge in [-0.05, 0) is 104 Å².